The van der Waals surface area contributed by atoms with Gasteiger partial charge in [0.25, 0.3) is 0 Å². The first kappa shape index (κ1) is 14.4. The van der Waals surface area contributed by atoms with Crippen LogP contribution >= 0.6 is 45.9 Å². The van der Waals surface area contributed by atoms with E-state index in [1.807, 2.05) is 18.4 Å². The molecule has 0 bridgehead atoms. The van der Waals surface area contributed by atoms with E-state index in [1.165, 1.54) is 0 Å². The number of halogens is 2. The van der Waals surface area contributed by atoms with Crippen LogP contribution in [0.3, 0.4) is 0 Å². The second-order valence-electron chi connectivity index (χ2n) is 4.12. The molecule has 2 rings (SSSR count). The summed E-state index contributed by atoms with van der Waals surface area (Å²) in [6, 6.07) is 2.06. The molecule has 0 aromatic carbocycles. The van der Waals surface area contributed by atoms with Gasteiger partial charge < -0.3 is 5.32 Å². The minimum atomic E-state index is 0.114. The number of nitrogens with one attached hydrogen (secondary N) is 1. The van der Waals surface area contributed by atoms with Gasteiger partial charge in [0.1, 0.15) is 0 Å². The number of aryl methyl sites for hydroxylation is 1. The SMILES string of the molecule is CCCNC(c1sccc1Cl)c1scc(C)c1Cl. The Labute approximate surface area is 126 Å². The van der Waals surface area contributed by atoms with Crippen LogP contribution in [0, 0.1) is 6.92 Å². The van der Waals surface area contributed by atoms with E-state index < -0.39 is 0 Å². The number of thiophene rings is 2. The molecule has 0 radical (unpaired) electrons. The maximum absolute atomic E-state index is 6.38. The van der Waals surface area contributed by atoms with Crippen LogP contribution in [0.2, 0.25) is 10.0 Å². The molecule has 0 aliphatic heterocycles. The van der Waals surface area contributed by atoms with Gasteiger partial charge in [-0.15, -0.1) is 22.7 Å². The van der Waals surface area contributed by atoms with E-state index in [-0.39, 0.29) is 6.04 Å². The predicted molar refractivity (Wildman–Crippen MR) is 83.5 cm³/mol. The van der Waals surface area contributed by atoms with E-state index in [9.17, 15) is 0 Å². The first-order chi connectivity index (χ1) is 8.65. The second kappa shape index (κ2) is 6.40. The van der Waals surface area contributed by atoms with Crippen LogP contribution in [0.1, 0.15) is 34.7 Å². The van der Waals surface area contributed by atoms with Crippen molar-refractivity contribution in [3.05, 3.63) is 42.2 Å². The van der Waals surface area contributed by atoms with Crippen molar-refractivity contribution < 1.29 is 0 Å². The Hall–Kier alpha value is -0.0600. The summed E-state index contributed by atoms with van der Waals surface area (Å²) in [5.41, 5.74) is 1.13. The highest BCUT2D eigenvalue weighted by molar-refractivity contribution is 7.12. The largest absolute Gasteiger partial charge is 0.305 e. The van der Waals surface area contributed by atoms with Gasteiger partial charge in [0.2, 0.25) is 0 Å². The molecule has 1 unspecified atom stereocenters. The Kier molecular flexibility index (Phi) is 5.10. The van der Waals surface area contributed by atoms with E-state index in [1.54, 1.807) is 22.7 Å². The zero-order valence-corrected chi connectivity index (χ0v) is 13.4. The molecule has 0 saturated heterocycles. The molecule has 18 heavy (non-hydrogen) atoms. The minimum Gasteiger partial charge on any atom is -0.305 e. The highest BCUT2D eigenvalue weighted by atomic mass is 35.5. The predicted octanol–water partition coefficient (Wildman–Crippen LogP) is 5.51. The summed E-state index contributed by atoms with van der Waals surface area (Å²) in [5, 5.41) is 9.33. The third-order valence-corrected chi connectivity index (χ3v) is 5.90. The Bertz CT molecular complexity index is 519. The van der Waals surface area contributed by atoms with Crippen molar-refractivity contribution in [1.82, 2.24) is 5.32 Å². The Balaban J connectivity index is 2.37. The first-order valence-corrected chi connectivity index (χ1v) is 8.36. The van der Waals surface area contributed by atoms with Gasteiger partial charge in [0, 0.05) is 9.75 Å². The summed E-state index contributed by atoms with van der Waals surface area (Å²) in [6.07, 6.45) is 1.08. The van der Waals surface area contributed by atoms with Gasteiger partial charge in [0.05, 0.1) is 16.1 Å². The van der Waals surface area contributed by atoms with Gasteiger partial charge >= 0.3 is 0 Å². The Morgan fingerprint density at radius 1 is 1.28 bits per heavy atom. The molecule has 1 nitrogen and oxygen atoms in total. The quantitative estimate of drug-likeness (QED) is 0.765. The van der Waals surface area contributed by atoms with Crippen molar-refractivity contribution in [3.63, 3.8) is 0 Å². The minimum absolute atomic E-state index is 0.114. The molecule has 1 atom stereocenters. The van der Waals surface area contributed by atoms with Gasteiger partial charge in [-0.3, -0.25) is 0 Å². The van der Waals surface area contributed by atoms with Crippen LogP contribution in [0.4, 0.5) is 0 Å². The molecular formula is C13H15Cl2NS2. The zero-order chi connectivity index (χ0) is 13.1. The monoisotopic (exact) mass is 319 g/mol. The Morgan fingerprint density at radius 2 is 2.06 bits per heavy atom. The summed E-state index contributed by atoms with van der Waals surface area (Å²) >= 11 is 16.0. The summed E-state index contributed by atoms with van der Waals surface area (Å²) < 4.78 is 0. The molecule has 2 aromatic rings. The van der Waals surface area contributed by atoms with Crippen molar-refractivity contribution in [2.24, 2.45) is 0 Å². The van der Waals surface area contributed by atoms with Gasteiger partial charge in [-0.25, -0.2) is 0 Å². The average molecular weight is 320 g/mol. The van der Waals surface area contributed by atoms with Gasteiger partial charge in [-0.05, 0) is 42.3 Å². The third kappa shape index (κ3) is 2.91. The lowest BCUT2D eigenvalue weighted by molar-refractivity contribution is 0.613. The van der Waals surface area contributed by atoms with E-state index in [0.717, 1.165) is 38.3 Å². The lowest BCUT2D eigenvalue weighted by Gasteiger charge is -2.17. The van der Waals surface area contributed by atoms with Crippen molar-refractivity contribution >= 4 is 45.9 Å². The maximum Gasteiger partial charge on any atom is 0.0795 e. The van der Waals surface area contributed by atoms with E-state index in [4.69, 9.17) is 23.2 Å². The van der Waals surface area contributed by atoms with Crippen LogP contribution in [-0.2, 0) is 0 Å². The fourth-order valence-corrected chi connectivity index (χ4v) is 4.46. The smallest absolute Gasteiger partial charge is 0.0795 e. The summed E-state index contributed by atoms with van der Waals surface area (Å²) in [6.45, 7) is 5.14. The fraction of sp³-hybridized carbons (Fsp3) is 0.385. The lowest BCUT2D eigenvalue weighted by atomic mass is 10.1. The topological polar surface area (TPSA) is 12.0 Å². The van der Waals surface area contributed by atoms with Gasteiger partial charge in [-0.1, -0.05) is 30.1 Å². The van der Waals surface area contributed by atoms with Crippen molar-refractivity contribution in [2.75, 3.05) is 6.54 Å². The van der Waals surface area contributed by atoms with Crippen molar-refractivity contribution in [2.45, 2.75) is 26.3 Å². The van der Waals surface area contributed by atoms with E-state index >= 15 is 0 Å². The summed E-state index contributed by atoms with van der Waals surface area (Å²) in [4.78, 5) is 2.31. The molecule has 0 spiro atoms. The second-order valence-corrected chi connectivity index (χ2v) is 6.76. The van der Waals surface area contributed by atoms with Crippen molar-refractivity contribution in [1.29, 1.82) is 0 Å². The summed E-state index contributed by atoms with van der Waals surface area (Å²) in [5.74, 6) is 0. The van der Waals surface area contributed by atoms with Gasteiger partial charge in [-0.2, -0.15) is 0 Å². The van der Waals surface area contributed by atoms with E-state index in [2.05, 4.69) is 17.6 Å². The molecule has 0 saturated carbocycles. The molecule has 0 aliphatic rings. The molecule has 2 heterocycles. The van der Waals surface area contributed by atoms with Crippen LogP contribution in [-0.4, -0.2) is 6.54 Å². The molecular weight excluding hydrogens is 305 g/mol. The standard InChI is InChI=1S/C13H15Cl2NS2/c1-3-5-16-11(12-9(14)4-6-17-12)13-10(15)8(2)7-18-13/h4,6-7,11,16H,3,5H2,1-2H3. The van der Waals surface area contributed by atoms with E-state index in [0.29, 0.717) is 0 Å². The van der Waals surface area contributed by atoms with Crippen LogP contribution in [0.15, 0.2) is 16.8 Å². The Morgan fingerprint density at radius 3 is 2.56 bits per heavy atom. The molecule has 1 N–H and O–H groups in total. The lowest BCUT2D eigenvalue weighted by Crippen LogP contribution is -2.22. The highest BCUT2D eigenvalue weighted by Crippen LogP contribution is 2.40. The van der Waals surface area contributed by atoms with Crippen LogP contribution in [0.5, 0.6) is 0 Å². The number of rotatable bonds is 5. The molecule has 98 valence electrons. The van der Waals surface area contributed by atoms with Crippen LogP contribution < -0.4 is 5.32 Å². The third-order valence-electron chi connectivity index (χ3n) is 2.69. The molecule has 0 amide bonds. The fourth-order valence-electron chi connectivity index (χ4n) is 1.75. The molecule has 0 aliphatic carbocycles. The maximum atomic E-state index is 6.38. The number of hydrogen-bond donors (Lipinski definition) is 1. The molecule has 5 heteroatoms. The first-order valence-electron chi connectivity index (χ1n) is 5.84. The van der Waals surface area contributed by atoms with Gasteiger partial charge in [0.15, 0.2) is 0 Å². The number of hydrogen-bond acceptors (Lipinski definition) is 3. The summed E-state index contributed by atoms with van der Waals surface area (Å²) in [7, 11) is 0. The molecule has 0 fully saturated rings. The zero-order valence-electron chi connectivity index (χ0n) is 10.3. The van der Waals surface area contributed by atoms with Crippen LogP contribution in [0.25, 0.3) is 0 Å². The van der Waals surface area contributed by atoms with Crippen molar-refractivity contribution in [3.8, 4) is 0 Å². The normalized spacial score (nSPS) is 12.9. The molecule has 2 aromatic heterocycles. The average Bonchev–Trinajstić information content (AvgIpc) is 2.91. The highest BCUT2D eigenvalue weighted by Gasteiger charge is 2.22.